The Bertz CT molecular complexity index is 245. The van der Waals surface area contributed by atoms with Crippen molar-refractivity contribution in [1.29, 1.82) is 0 Å². The largest absolute Gasteiger partial charge is 0.382 e. The van der Waals surface area contributed by atoms with E-state index < -0.39 is 0 Å². The highest BCUT2D eigenvalue weighted by Crippen LogP contribution is 2.53. The summed E-state index contributed by atoms with van der Waals surface area (Å²) in [5, 5.41) is 0. The van der Waals surface area contributed by atoms with Gasteiger partial charge in [-0.15, -0.1) is 0 Å². The summed E-state index contributed by atoms with van der Waals surface area (Å²) in [4.78, 5) is 0. The predicted molar refractivity (Wildman–Crippen MR) is 72.1 cm³/mol. The van der Waals surface area contributed by atoms with Gasteiger partial charge in [-0.3, -0.25) is 0 Å². The van der Waals surface area contributed by atoms with Crippen LogP contribution in [0, 0.1) is 22.7 Å². The van der Waals surface area contributed by atoms with Crippen molar-refractivity contribution in [3.05, 3.63) is 0 Å². The summed E-state index contributed by atoms with van der Waals surface area (Å²) >= 11 is 0. The Morgan fingerprint density at radius 1 is 1.06 bits per heavy atom. The maximum absolute atomic E-state index is 6.15. The molecule has 0 aromatic heterocycles. The van der Waals surface area contributed by atoms with Crippen LogP contribution in [0.3, 0.4) is 0 Å². The second kappa shape index (κ2) is 5.27. The molecule has 102 valence electrons. The highest BCUT2D eigenvalue weighted by Gasteiger charge is 2.50. The molecule has 0 N–H and O–H groups in total. The van der Waals surface area contributed by atoms with E-state index in [1.165, 1.54) is 6.42 Å². The van der Waals surface area contributed by atoms with E-state index in [0.29, 0.717) is 25.2 Å². The van der Waals surface area contributed by atoms with Crippen LogP contribution >= 0.6 is 0 Å². The lowest BCUT2D eigenvalue weighted by molar-refractivity contribution is -0.162. The van der Waals surface area contributed by atoms with Crippen molar-refractivity contribution in [1.82, 2.24) is 0 Å². The van der Waals surface area contributed by atoms with Crippen molar-refractivity contribution < 1.29 is 9.47 Å². The molecule has 1 aliphatic carbocycles. The van der Waals surface area contributed by atoms with E-state index in [1.807, 2.05) is 0 Å². The average molecular weight is 242 g/mol. The number of ether oxygens (including phenoxy) is 2. The van der Waals surface area contributed by atoms with Crippen molar-refractivity contribution >= 4 is 0 Å². The van der Waals surface area contributed by atoms with Crippen molar-refractivity contribution in [3.8, 4) is 0 Å². The van der Waals surface area contributed by atoms with Gasteiger partial charge in [0.1, 0.15) is 0 Å². The Labute approximate surface area is 107 Å². The van der Waals surface area contributed by atoms with E-state index in [2.05, 4.69) is 41.5 Å². The Balaban J connectivity index is 2.81. The van der Waals surface area contributed by atoms with Gasteiger partial charge in [0.2, 0.25) is 0 Å². The molecular formula is C15H30O2. The predicted octanol–water partition coefficient (Wildman–Crippen LogP) is 3.75. The van der Waals surface area contributed by atoms with Gasteiger partial charge in [0.25, 0.3) is 0 Å². The standard InChI is InChI=1S/C15H30O2/c1-11-10-14(3,4)13(17-9-8-16-7)15(5,6)12(11)2/h11-13H,8-10H2,1-7H3. The van der Waals surface area contributed by atoms with Gasteiger partial charge in [-0.05, 0) is 29.1 Å². The van der Waals surface area contributed by atoms with E-state index in [1.54, 1.807) is 7.11 Å². The molecule has 0 aromatic rings. The molecule has 3 unspecified atom stereocenters. The molecule has 1 saturated carbocycles. The fourth-order valence-electron chi connectivity index (χ4n) is 3.78. The van der Waals surface area contributed by atoms with Gasteiger partial charge in [-0.1, -0.05) is 41.5 Å². The van der Waals surface area contributed by atoms with Crippen LogP contribution < -0.4 is 0 Å². The van der Waals surface area contributed by atoms with Gasteiger partial charge in [-0.25, -0.2) is 0 Å². The lowest BCUT2D eigenvalue weighted by Gasteiger charge is -2.54. The summed E-state index contributed by atoms with van der Waals surface area (Å²) in [5.41, 5.74) is 0.484. The third-order valence-corrected chi connectivity index (χ3v) is 4.83. The van der Waals surface area contributed by atoms with Gasteiger partial charge in [0.05, 0.1) is 19.3 Å². The first-order valence-electron chi connectivity index (χ1n) is 6.84. The van der Waals surface area contributed by atoms with Gasteiger partial charge in [-0.2, -0.15) is 0 Å². The van der Waals surface area contributed by atoms with E-state index in [9.17, 15) is 0 Å². The van der Waals surface area contributed by atoms with Gasteiger partial charge in [0, 0.05) is 7.11 Å². The molecule has 1 rings (SSSR count). The molecule has 17 heavy (non-hydrogen) atoms. The maximum atomic E-state index is 6.15. The zero-order chi connectivity index (χ0) is 13.3. The molecule has 1 fully saturated rings. The molecule has 0 aliphatic heterocycles. The minimum atomic E-state index is 0.231. The summed E-state index contributed by atoms with van der Waals surface area (Å²) in [7, 11) is 1.73. The molecule has 1 aliphatic rings. The number of hydrogen-bond acceptors (Lipinski definition) is 2. The third kappa shape index (κ3) is 3.03. The minimum absolute atomic E-state index is 0.231. The van der Waals surface area contributed by atoms with E-state index in [-0.39, 0.29) is 10.8 Å². The second-order valence-electron chi connectivity index (χ2n) is 7.02. The third-order valence-electron chi connectivity index (χ3n) is 4.83. The Hall–Kier alpha value is -0.0800. The zero-order valence-corrected chi connectivity index (χ0v) is 12.7. The van der Waals surface area contributed by atoms with Crippen LogP contribution in [0.25, 0.3) is 0 Å². The van der Waals surface area contributed by atoms with Crippen LogP contribution in [0.5, 0.6) is 0 Å². The Kier molecular flexibility index (Phi) is 4.65. The van der Waals surface area contributed by atoms with Crippen LogP contribution in [-0.2, 0) is 9.47 Å². The molecule has 3 atom stereocenters. The summed E-state index contributed by atoms with van der Waals surface area (Å²) < 4.78 is 11.2. The normalized spacial score (nSPS) is 35.8. The minimum Gasteiger partial charge on any atom is -0.382 e. The molecule has 0 radical (unpaired) electrons. The molecule has 0 amide bonds. The summed E-state index contributed by atoms with van der Waals surface area (Å²) in [6.45, 7) is 15.5. The quantitative estimate of drug-likeness (QED) is 0.699. The fourth-order valence-corrected chi connectivity index (χ4v) is 3.78. The van der Waals surface area contributed by atoms with Crippen molar-refractivity contribution in [2.45, 2.75) is 54.1 Å². The summed E-state index contributed by atoms with van der Waals surface area (Å²) in [6, 6.07) is 0. The van der Waals surface area contributed by atoms with Crippen LogP contribution in [0.2, 0.25) is 0 Å². The molecule has 0 aromatic carbocycles. The molecule has 0 heterocycles. The highest BCUT2D eigenvalue weighted by molar-refractivity contribution is 5.00. The smallest absolute Gasteiger partial charge is 0.0704 e. The van der Waals surface area contributed by atoms with Crippen LogP contribution in [0.1, 0.15) is 48.0 Å². The number of rotatable bonds is 4. The lowest BCUT2D eigenvalue weighted by atomic mass is 9.55. The second-order valence-corrected chi connectivity index (χ2v) is 7.02. The maximum Gasteiger partial charge on any atom is 0.0704 e. The Morgan fingerprint density at radius 2 is 1.65 bits per heavy atom. The summed E-state index contributed by atoms with van der Waals surface area (Å²) in [5.74, 6) is 1.46. The first-order valence-corrected chi connectivity index (χ1v) is 6.84. The molecular weight excluding hydrogens is 212 g/mol. The number of methoxy groups -OCH3 is 1. The van der Waals surface area contributed by atoms with Gasteiger partial charge < -0.3 is 9.47 Å². The first kappa shape index (κ1) is 15.0. The monoisotopic (exact) mass is 242 g/mol. The van der Waals surface area contributed by atoms with Gasteiger partial charge in [0.15, 0.2) is 0 Å². The van der Waals surface area contributed by atoms with Crippen LogP contribution in [0.15, 0.2) is 0 Å². The molecule has 0 saturated heterocycles. The number of hydrogen-bond donors (Lipinski definition) is 0. The fraction of sp³-hybridized carbons (Fsp3) is 1.00. The lowest BCUT2D eigenvalue weighted by Crippen LogP contribution is -2.53. The van der Waals surface area contributed by atoms with Crippen LogP contribution in [0.4, 0.5) is 0 Å². The first-order chi connectivity index (χ1) is 7.73. The van der Waals surface area contributed by atoms with Gasteiger partial charge >= 0.3 is 0 Å². The van der Waals surface area contributed by atoms with Crippen LogP contribution in [-0.4, -0.2) is 26.4 Å². The van der Waals surface area contributed by atoms with Crippen molar-refractivity contribution in [3.63, 3.8) is 0 Å². The average Bonchev–Trinajstić information content (AvgIpc) is 2.20. The molecule has 0 bridgehead atoms. The highest BCUT2D eigenvalue weighted by atomic mass is 16.5. The SMILES string of the molecule is COCCOC1C(C)(C)CC(C)C(C)C1(C)C. The Morgan fingerprint density at radius 3 is 2.18 bits per heavy atom. The van der Waals surface area contributed by atoms with E-state index in [4.69, 9.17) is 9.47 Å². The molecule has 2 nitrogen and oxygen atoms in total. The topological polar surface area (TPSA) is 18.5 Å². The summed E-state index contributed by atoms with van der Waals surface area (Å²) in [6.07, 6.45) is 1.56. The van der Waals surface area contributed by atoms with Crippen molar-refractivity contribution in [2.75, 3.05) is 20.3 Å². The van der Waals surface area contributed by atoms with E-state index in [0.717, 1.165) is 5.92 Å². The van der Waals surface area contributed by atoms with E-state index >= 15 is 0 Å². The molecule has 0 spiro atoms. The van der Waals surface area contributed by atoms with Crippen molar-refractivity contribution in [2.24, 2.45) is 22.7 Å². The zero-order valence-electron chi connectivity index (χ0n) is 12.7. The molecule has 2 heteroatoms.